The van der Waals surface area contributed by atoms with E-state index in [0.29, 0.717) is 16.7 Å². The number of aliphatic carboxylic acids is 2. The summed E-state index contributed by atoms with van der Waals surface area (Å²) in [7, 11) is 0. The van der Waals surface area contributed by atoms with Gasteiger partial charge in [-0.15, -0.1) is 11.8 Å². The molecule has 0 saturated carbocycles. The van der Waals surface area contributed by atoms with Gasteiger partial charge in [0.25, 0.3) is 0 Å². The summed E-state index contributed by atoms with van der Waals surface area (Å²) in [5, 5.41) is 19.5. The lowest BCUT2D eigenvalue weighted by Crippen LogP contribution is -1.99. The molecule has 2 aromatic rings. The van der Waals surface area contributed by atoms with Crippen molar-refractivity contribution < 1.29 is 19.8 Å². The van der Waals surface area contributed by atoms with Crippen LogP contribution in [0.2, 0.25) is 0 Å². The van der Waals surface area contributed by atoms with E-state index in [1.54, 1.807) is 0 Å². The van der Waals surface area contributed by atoms with E-state index in [4.69, 9.17) is 10.2 Å². The zero-order valence-corrected chi connectivity index (χ0v) is 13.2. The Labute approximate surface area is 135 Å². The van der Waals surface area contributed by atoms with Gasteiger partial charge in [-0.1, -0.05) is 30.0 Å². The van der Waals surface area contributed by atoms with Crippen LogP contribution in [0.3, 0.4) is 0 Å². The number of carboxylic acid groups (broad SMARTS) is 2. The van der Waals surface area contributed by atoms with Crippen molar-refractivity contribution in [1.29, 1.82) is 0 Å². The number of hydrogen-bond acceptors (Lipinski definition) is 6. The second kappa shape index (κ2) is 8.00. The van der Waals surface area contributed by atoms with Gasteiger partial charge in [-0.25, -0.2) is 9.97 Å². The summed E-state index contributed by atoms with van der Waals surface area (Å²) in [5.74, 6) is -0.881. The average molecular weight is 338 g/mol. The highest BCUT2D eigenvalue weighted by Gasteiger charge is 2.10. The summed E-state index contributed by atoms with van der Waals surface area (Å²) in [6, 6.07) is 7.50. The van der Waals surface area contributed by atoms with Crippen LogP contribution >= 0.6 is 23.5 Å². The standard InChI is InChI=1S/C14H14N2O4S2/c17-11(18)5-7-21-13-9-3-1-2-4-10(9)15-14(16-13)22-8-6-12(19)20/h1-4H,5-8H2,(H,17,18)(H,19,20). The van der Waals surface area contributed by atoms with Crippen LogP contribution in [0.15, 0.2) is 34.4 Å². The van der Waals surface area contributed by atoms with Gasteiger partial charge in [-0.3, -0.25) is 9.59 Å². The van der Waals surface area contributed by atoms with Crippen LogP contribution in [0.5, 0.6) is 0 Å². The van der Waals surface area contributed by atoms with E-state index < -0.39 is 11.9 Å². The topological polar surface area (TPSA) is 100 Å². The van der Waals surface area contributed by atoms with E-state index in [1.807, 2.05) is 24.3 Å². The second-order valence-corrected chi connectivity index (χ2v) is 6.46. The molecule has 6 nitrogen and oxygen atoms in total. The second-order valence-electron chi connectivity index (χ2n) is 4.31. The fourth-order valence-electron chi connectivity index (χ4n) is 1.67. The zero-order valence-electron chi connectivity index (χ0n) is 11.6. The Balaban J connectivity index is 2.19. The summed E-state index contributed by atoms with van der Waals surface area (Å²) < 4.78 is 0. The van der Waals surface area contributed by atoms with Gasteiger partial charge in [0.1, 0.15) is 5.03 Å². The highest BCUT2D eigenvalue weighted by molar-refractivity contribution is 8.00. The van der Waals surface area contributed by atoms with Crippen LogP contribution in [0.4, 0.5) is 0 Å². The molecule has 1 aromatic carbocycles. The number of fused-ring (bicyclic) bond motifs is 1. The minimum Gasteiger partial charge on any atom is -0.481 e. The predicted molar refractivity (Wildman–Crippen MR) is 85.5 cm³/mol. The van der Waals surface area contributed by atoms with E-state index in [0.717, 1.165) is 15.9 Å². The lowest BCUT2D eigenvalue weighted by Gasteiger charge is -2.07. The highest BCUT2D eigenvalue weighted by atomic mass is 32.2. The number of benzene rings is 1. The quantitative estimate of drug-likeness (QED) is 0.430. The lowest BCUT2D eigenvalue weighted by atomic mass is 10.2. The molecule has 0 spiro atoms. The monoisotopic (exact) mass is 338 g/mol. The van der Waals surface area contributed by atoms with Gasteiger partial charge in [0, 0.05) is 16.9 Å². The number of carbonyl (C=O) groups is 2. The molecule has 2 rings (SSSR count). The third kappa shape index (κ3) is 4.88. The lowest BCUT2D eigenvalue weighted by molar-refractivity contribution is -0.137. The van der Waals surface area contributed by atoms with Gasteiger partial charge in [0.05, 0.1) is 18.4 Å². The van der Waals surface area contributed by atoms with Crippen molar-refractivity contribution in [2.45, 2.75) is 23.0 Å². The summed E-state index contributed by atoms with van der Waals surface area (Å²) in [4.78, 5) is 30.0. The van der Waals surface area contributed by atoms with E-state index >= 15 is 0 Å². The molecule has 1 heterocycles. The minimum atomic E-state index is -0.857. The molecule has 116 valence electrons. The smallest absolute Gasteiger partial charge is 0.304 e. The molecule has 8 heteroatoms. The van der Waals surface area contributed by atoms with Gasteiger partial charge in [-0.05, 0) is 6.07 Å². The number of aromatic nitrogens is 2. The normalized spacial score (nSPS) is 10.7. The van der Waals surface area contributed by atoms with E-state index in [2.05, 4.69) is 9.97 Å². The fourth-order valence-corrected chi connectivity index (χ4v) is 3.45. The van der Waals surface area contributed by atoms with E-state index in [-0.39, 0.29) is 12.8 Å². The Bertz CT molecular complexity index is 694. The first-order valence-corrected chi connectivity index (χ1v) is 8.49. The van der Waals surface area contributed by atoms with Crippen LogP contribution in [0.1, 0.15) is 12.8 Å². The fraction of sp³-hybridized carbons (Fsp3) is 0.286. The Morgan fingerprint density at radius 3 is 2.27 bits per heavy atom. The van der Waals surface area contributed by atoms with Crippen LogP contribution in [0, 0.1) is 0 Å². The van der Waals surface area contributed by atoms with Crippen molar-refractivity contribution in [2.75, 3.05) is 11.5 Å². The maximum Gasteiger partial charge on any atom is 0.304 e. The van der Waals surface area contributed by atoms with Gasteiger partial charge in [0.15, 0.2) is 5.16 Å². The molecule has 0 aliphatic rings. The average Bonchev–Trinajstić information content (AvgIpc) is 2.46. The molecule has 0 radical (unpaired) electrons. The molecular formula is C14H14N2O4S2. The number of hydrogen-bond donors (Lipinski definition) is 2. The van der Waals surface area contributed by atoms with Crippen molar-refractivity contribution in [3.63, 3.8) is 0 Å². The van der Waals surface area contributed by atoms with Crippen molar-refractivity contribution in [1.82, 2.24) is 9.97 Å². The summed E-state index contributed by atoms with van der Waals surface area (Å²) in [6.45, 7) is 0. The SMILES string of the molecule is O=C(O)CCSc1nc(SCCC(=O)O)c2ccccc2n1. The summed E-state index contributed by atoms with van der Waals surface area (Å²) in [6.07, 6.45) is 0.104. The van der Waals surface area contributed by atoms with Crippen molar-refractivity contribution >= 4 is 46.4 Å². The Hall–Kier alpha value is -1.80. The number of nitrogens with zero attached hydrogens (tertiary/aromatic N) is 2. The molecule has 22 heavy (non-hydrogen) atoms. The molecule has 2 N–H and O–H groups in total. The molecule has 0 amide bonds. The van der Waals surface area contributed by atoms with E-state index in [1.165, 1.54) is 23.5 Å². The molecule has 0 aliphatic heterocycles. The summed E-state index contributed by atoms with van der Waals surface area (Å²) >= 11 is 2.66. The van der Waals surface area contributed by atoms with Crippen molar-refractivity contribution in [3.8, 4) is 0 Å². The molecule has 0 unspecified atom stereocenters. The number of thioether (sulfide) groups is 2. The first-order valence-electron chi connectivity index (χ1n) is 6.52. The number of para-hydroxylation sites is 1. The minimum absolute atomic E-state index is 0.0440. The molecule has 0 atom stereocenters. The molecule has 0 aliphatic carbocycles. The molecule has 1 aromatic heterocycles. The van der Waals surface area contributed by atoms with Gasteiger partial charge < -0.3 is 10.2 Å². The Morgan fingerprint density at radius 2 is 1.59 bits per heavy atom. The van der Waals surface area contributed by atoms with Crippen molar-refractivity contribution in [2.24, 2.45) is 0 Å². The Morgan fingerprint density at radius 1 is 0.955 bits per heavy atom. The van der Waals surface area contributed by atoms with Crippen LogP contribution < -0.4 is 0 Å². The number of carboxylic acids is 2. The van der Waals surface area contributed by atoms with Crippen LogP contribution in [-0.2, 0) is 9.59 Å². The predicted octanol–water partition coefficient (Wildman–Crippen LogP) is 2.76. The van der Waals surface area contributed by atoms with E-state index in [9.17, 15) is 9.59 Å². The van der Waals surface area contributed by atoms with Gasteiger partial charge >= 0.3 is 11.9 Å². The highest BCUT2D eigenvalue weighted by Crippen LogP contribution is 2.28. The Kier molecular flexibility index (Phi) is 6.02. The van der Waals surface area contributed by atoms with Crippen LogP contribution in [0.25, 0.3) is 10.9 Å². The zero-order chi connectivity index (χ0) is 15.9. The maximum atomic E-state index is 10.6. The molecular weight excluding hydrogens is 324 g/mol. The first kappa shape index (κ1) is 16.6. The molecule has 0 saturated heterocycles. The largest absolute Gasteiger partial charge is 0.481 e. The third-order valence-corrected chi connectivity index (χ3v) is 4.49. The molecule has 0 fully saturated rings. The third-order valence-electron chi connectivity index (χ3n) is 2.65. The summed E-state index contributed by atoms with van der Waals surface area (Å²) in [5.41, 5.74) is 0.771. The first-order chi connectivity index (χ1) is 10.6. The number of rotatable bonds is 8. The van der Waals surface area contributed by atoms with Crippen molar-refractivity contribution in [3.05, 3.63) is 24.3 Å². The van der Waals surface area contributed by atoms with Gasteiger partial charge in [-0.2, -0.15) is 0 Å². The van der Waals surface area contributed by atoms with Crippen LogP contribution in [-0.4, -0.2) is 43.6 Å². The molecule has 0 bridgehead atoms. The van der Waals surface area contributed by atoms with Gasteiger partial charge in [0.2, 0.25) is 0 Å². The maximum absolute atomic E-state index is 10.6.